The van der Waals surface area contributed by atoms with Crippen molar-refractivity contribution in [3.05, 3.63) is 0 Å². The molecule has 2 aliphatic rings. The number of nitrogens with zero attached hydrogens (tertiary/aromatic N) is 3. The number of piperidine rings is 1. The molecule has 2 saturated heterocycles. The molecular formula is C19H39IN3-. The van der Waals surface area contributed by atoms with Crippen molar-refractivity contribution in [3.8, 4) is 0 Å². The molecule has 0 unspecified atom stereocenters. The molecule has 0 spiro atoms. The van der Waals surface area contributed by atoms with Crippen molar-refractivity contribution < 1.29 is 21.5 Å². The van der Waals surface area contributed by atoms with Gasteiger partial charge in [-0.25, -0.2) is 0 Å². The van der Waals surface area contributed by atoms with Crippen molar-refractivity contribution in [3.63, 3.8) is 0 Å². The zero-order valence-corrected chi connectivity index (χ0v) is 18.1. The number of rotatable bonds is 8. The van der Waals surface area contributed by atoms with Gasteiger partial charge in [0.15, 0.2) is 0 Å². The third-order valence-corrected chi connectivity index (χ3v) is 8.10. The predicted octanol–water partition coefficient (Wildman–Crippen LogP) is 0.165. The first-order valence-electron chi connectivity index (χ1n) is 9.86. The fraction of sp³-hybridized carbons (Fsp3) is 1.00. The van der Waals surface area contributed by atoms with Crippen LogP contribution in [0.25, 0.3) is 0 Å². The number of piperazine rings is 1. The summed E-state index contributed by atoms with van der Waals surface area (Å²) in [5.41, 5.74) is 0. The second kappa shape index (κ2) is 10.6. The van der Waals surface area contributed by atoms with E-state index in [0.717, 1.165) is 15.8 Å². The molecule has 3 nitrogen and oxygen atoms in total. The van der Waals surface area contributed by atoms with Gasteiger partial charge in [-0.05, 0) is 5.92 Å². The van der Waals surface area contributed by atoms with E-state index in [1.807, 2.05) is 0 Å². The average Bonchev–Trinajstić information content (AvgIpc) is 2.53. The van der Waals surface area contributed by atoms with Crippen LogP contribution in [0.4, 0.5) is 0 Å². The minimum atomic E-state index is 0.305. The number of hydrogen-bond acceptors (Lipinski definition) is 3. The standard InChI is InChI=1S/C19H39IN3/c1-17(2)5-9-21-13-15-22(16-14-21)10-6-19-7-11-23(12-8-19)20-18(3)4/h17-19H,5-16H2,1-4H3/q-1. The Balaban J connectivity index is 1.54. The Morgan fingerprint density at radius 2 is 1.39 bits per heavy atom. The van der Waals surface area contributed by atoms with Gasteiger partial charge in [-0.1, -0.05) is 13.8 Å². The molecule has 23 heavy (non-hydrogen) atoms. The fourth-order valence-electron chi connectivity index (χ4n) is 3.61. The molecule has 2 fully saturated rings. The third kappa shape index (κ3) is 8.02. The molecular weight excluding hydrogens is 397 g/mol. The molecule has 2 heterocycles. The molecule has 2 rings (SSSR count). The van der Waals surface area contributed by atoms with E-state index in [0.29, 0.717) is 21.5 Å². The summed E-state index contributed by atoms with van der Waals surface area (Å²) < 4.78 is 3.71. The number of halogens is 1. The maximum atomic E-state index is 2.79. The van der Waals surface area contributed by atoms with E-state index in [-0.39, 0.29) is 0 Å². The first kappa shape index (κ1) is 19.9. The van der Waals surface area contributed by atoms with Gasteiger partial charge in [0, 0.05) is 0 Å². The summed E-state index contributed by atoms with van der Waals surface area (Å²) in [6.45, 7) is 20.1. The van der Waals surface area contributed by atoms with Crippen LogP contribution in [0.5, 0.6) is 0 Å². The summed E-state index contributed by atoms with van der Waals surface area (Å²) in [7, 11) is 0. The van der Waals surface area contributed by atoms with Gasteiger partial charge in [-0.3, -0.25) is 0 Å². The molecule has 4 heteroatoms. The summed E-state index contributed by atoms with van der Waals surface area (Å²) in [5, 5.41) is 0. The Morgan fingerprint density at radius 1 is 0.826 bits per heavy atom. The second-order valence-corrected chi connectivity index (χ2v) is 12.5. The zero-order chi connectivity index (χ0) is 16.7. The molecule has 0 aromatic rings. The Bertz CT molecular complexity index is 306. The molecule has 0 saturated carbocycles. The van der Waals surface area contributed by atoms with Crippen molar-refractivity contribution >= 4 is 0 Å². The van der Waals surface area contributed by atoms with E-state index in [1.165, 1.54) is 78.0 Å². The van der Waals surface area contributed by atoms with Crippen LogP contribution in [0, 0.1) is 11.8 Å². The van der Waals surface area contributed by atoms with E-state index in [1.54, 1.807) is 0 Å². The van der Waals surface area contributed by atoms with E-state index in [9.17, 15) is 0 Å². The molecule has 0 aromatic carbocycles. The van der Waals surface area contributed by atoms with Crippen LogP contribution < -0.4 is 21.5 Å². The van der Waals surface area contributed by atoms with Crippen LogP contribution >= 0.6 is 0 Å². The first-order valence-corrected chi connectivity index (χ1v) is 12.1. The fourth-order valence-corrected chi connectivity index (χ4v) is 6.30. The molecule has 138 valence electrons. The SMILES string of the molecule is CC(C)CCN1CCN(CCC2CCN([I-]C(C)C)CC2)CC1. The zero-order valence-electron chi connectivity index (χ0n) is 15.9. The van der Waals surface area contributed by atoms with Crippen molar-refractivity contribution in [1.82, 2.24) is 12.9 Å². The van der Waals surface area contributed by atoms with E-state index < -0.39 is 0 Å². The molecule has 0 amide bonds. The van der Waals surface area contributed by atoms with Gasteiger partial charge in [0.2, 0.25) is 0 Å². The van der Waals surface area contributed by atoms with Gasteiger partial charge in [0.05, 0.1) is 0 Å². The summed E-state index contributed by atoms with van der Waals surface area (Å²) in [6, 6.07) is 0. The van der Waals surface area contributed by atoms with E-state index in [4.69, 9.17) is 0 Å². The van der Waals surface area contributed by atoms with Crippen LogP contribution in [0.15, 0.2) is 0 Å². The quantitative estimate of drug-likeness (QED) is 0.305. The van der Waals surface area contributed by atoms with Gasteiger partial charge in [-0.15, -0.1) is 0 Å². The van der Waals surface area contributed by atoms with Crippen molar-refractivity contribution in [2.75, 3.05) is 52.4 Å². The molecule has 0 aromatic heterocycles. The summed E-state index contributed by atoms with van der Waals surface area (Å²) in [6.07, 6.45) is 5.72. The van der Waals surface area contributed by atoms with Crippen LogP contribution in [0.1, 0.15) is 53.4 Å². The van der Waals surface area contributed by atoms with Crippen molar-refractivity contribution in [2.45, 2.75) is 57.3 Å². The average molecular weight is 436 g/mol. The van der Waals surface area contributed by atoms with Crippen LogP contribution in [-0.2, 0) is 0 Å². The first-order chi connectivity index (χ1) is 11.0. The molecule has 0 radical (unpaired) electrons. The van der Waals surface area contributed by atoms with Gasteiger partial charge < -0.3 is 0 Å². The van der Waals surface area contributed by atoms with Crippen LogP contribution in [0.2, 0.25) is 0 Å². The Labute approximate surface area is 155 Å². The Kier molecular flexibility index (Phi) is 9.16. The predicted molar refractivity (Wildman–Crippen MR) is 96.4 cm³/mol. The molecule has 0 aliphatic carbocycles. The summed E-state index contributed by atoms with van der Waals surface area (Å²) >= 11 is 0.305. The Morgan fingerprint density at radius 3 is 1.91 bits per heavy atom. The van der Waals surface area contributed by atoms with Gasteiger partial charge >= 0.3 is 136 Å². The van der Waals surface area contributed by atoms with E-state index in [2.05, 4.69) is 40.6 Å². The Hall–Kier alpha value is 0.610. The van der Waals surface area contributed by atoms with Crippen LogP contribution in [0.3, 0.4) is 0 Å². The summed E-state index contributed by atoms with van der Waals surface area (Å²) in [5.74, 6) is 1.85. The van der Waals surface area contributed by atoms with Crippen molar-refractivity contribution in [1.29, 1.82) is 0 Å². The minimum absolute atomic E-state index is 0.305. The molecule has 2 aliphatic heterocycles. The molecule has 0 atom stereocenters. The van der Waals surface area contributed by atoms with Gasteiger partial charge in [0.25, 0.3) is 0 Å². The third-order valence-electron chi connectivity index (χ3n) is 5.23. The van der Waals surface area contributed by atoms with Gasteiger partial charge in [-0.2, -0.15) is 0 Å². The topological polar surface area (TPSA) is 9.72 Å². The van der Waals surface area contributed by atoms with Crippen molar-refractivity contribution in [2.24, 2.45) is 11.8 Å². The van der Waals surface area contributed by atoms with E-state index >= 15 is 0 Å². The monoisotopic (exact) mass is 436 g/mol. The normalized spacial score (nSPS) is 23.4. The summed E-state index contributed by atoms with van der Waals surface area (Å²) in [4.78, 5) is 5.39. The molecule has 0 bridgehead atoms. The number of hydrogen-bond donors (Lipinski definition) is 0. The van der Waals surface area contributed by atoms with Crippen LogP contribution in [-0.4, -0.2) is 69.2 Å². The maximum absolute atomic E-state index is 2.79. The second-order valence-electron chi connectivity index (χ2n) is 8.12. The molecule has 0 N–H and O–H groups in total. The van der Waals surface area contributed by atoms with Gasteiger partial charge in [0.1, 0.15) is 0 Å². The number of alkyl halides is 1.